The molecule has 0 radical (unpaired) electrons. The number of halogens is 1. The molecule has 1 atom stereocenters. The second kappa shape index (κ2) is 5.83. The van der Waals surface area contributed by atoms with Crippen molar-refractivity contribution in [3.8, 4) is 0 Å². The van der Waals surface area contributed by atoms with Gasteiger partial charge in [-0.25, -0.2) is 17.5 Å². The number of benzene rings is 2. The van der Waals surface area contributed by atoms with Crippen LogP contribution < -0.4 is 10.5 Å². The Hall–Kier alpha value is -1.92. The van der Waals surface area contributed by atoms with Gasteiger partial charge in [0.05, 0.1) is 5.69 Å². The summed E-state index contributed by atoms with van der Waals surface area (Å²) in [6.45, 7) is 3.48. The van der Waals surface area contributed by atoms with Crippen molar-refractivity contribution in [1.82, 2.24) is 4.72 Å². The second-order valence-corrected chi connectivity index (χ2v) is 6.62. The lowest BCUT2D eigenvalue weighted by Gasteiger charge is -2.16. The predicted octanol–water partition coefficient (Wildman–Crippen LogP) is 2.76. The number of nitrogens with two attached hydrogens (primary N) is 1. The van der Waals surface area contributed by atoms with E-state index in [9.17, 15) is 12.8 Å². The molecular formula is C15H17FN2O2S. The minimum absolute atomic E-state index is 0.0244. The molecule has 2 aromatic carbocycles. The Balaban J connectivity index is 2.29. The number of nitrogen functional groups attached to an aromatic ring is 1. The van der Waals surface area contributed by atoms with Crippen molar-refractivity contribution in [2.24, 2.45) is 0 Å². The number of sulfonamides is 1. The number of aryl methyl sites for hydroxylation is 1. The maximum atomic E-state index is 13.2. The molecule has 112 valence electrons. The average molecular weight is 308 g/mol. The molecule has 0 fully saturated rings. The smallest absolute Gasteiger partial charge is 0.243 e. The van der Waals surface area contributed by atoms with Gasteiger partial charge in [-0.1, -0.05) is 18.2 Å². The molecule has 0 amide bonds. The Labute approximate surface area is 123 Å². The quantitative estimate of drug-likeness (QED) is 0.853. The SMILES string of the molecule is Cc1ccc(S(=O)(=O)NC(C)c2cccc(F)c2)c(N)c1. The number of rotatable bonds is 4. The zero-order chi connectivity index (χ0) is 15.6. The maximum Gasteiger partial charge on any atom is 0.243 e. The van der Waals surface area contributed by atoms with Crippen molar-refractivity contribution in [1.29, 1.82) is 0 Å². The third-order valence-electron chi connectivity index (χ3n) is 3.14. The minimum Gasteiger partial charge on any atom is -0.398 e. The molecule has 21 heavy (non-hydrogen) atoms. The molecule has 0 aliphatic heterocycles. The lowest BCUT2D eigenvalue weighted by molar-refractivity contribution is 0.565. The van der Waals surface area contributed by atoms with Crippen molar-refractivity contribution >= 4 is 15.7 Å². The van der Waals surface area contributed by atoms with E-state index in [2.05, 4.69) is 4.72 Å². The largest absolute Gasteiger partial charge is 0.398 e. The summed E-state index contributed by atoms with van der Waals surface area (Å²) in [5, 5.41) is 0. The molecule has 0 heterocycles. The molecular weight excluding hydrogens is 291 g/mol. The van der Waals surface area contributed by atoms with E-state index in [1.54, 1.807) is 25.1 Å². The van der Waals surface area contributed by atoms with Gasteiger partial charge in [0.2, 0.25) is 10.0 Å². The molecule has 0 bridgehead atoms. The van der Waals surface area contributed by atoms with Gasteiger partial charge in [-0.15, -0.1) is 0 Å². The Kier molecular flexibility index (Phi) is 4.29. The second-order valence-electron chi connectivity index (χ2n) is 4.94. The van der Waals surface area contributed by atoms with Gasteiger partial charge in [0.1, 0.15) is 10.7 Å². The van der Waals surface area contributed by atoms with Crippen molar-refractivity contribution in [2.45, 2.75) is 24.8 Å². The molecule has 0 saturated heterocycles. The fourth-order valence-corrected chi connectivity index (χ4v) is 3.40. The molecule has 0 aromatic heterocycles. The summed E-state index contributed by atoms with van der Waals surface area (Å²) in [5.41, 5.74) is 7.38. The van der Waals surface area contributed by atoms with Crippen LogP contribution in [0.2, 0.25) is 0 Å². The first kappa shape index (κ1) is 15.5. The third kappa shape index (κ3) is 3.59. The molecule has 2 aromatic rings. The van der Waals surface area contributed by atoms with Crippen LogP contribution in [0.5, 0.6) is 0 Å². The Bertz CT molecular complexity index is 760. The highest BCUT2D eigenvalue weighted by Crippen LogP contribution is 2.22. The molecule has 3 N–H and O–H groups in total. The van der Waals surface area contributed by atoms with Crippen LogP contribution in [0, 0.1) is 12.7 Å². The first-order valence-electron chi connectivity index (χ1n) is 6.43. The first-order valence-corrected chi connectivity index (χ1v) is 7.92. The molecule has 6 heteroatoms. The fourth-order valence-electron chi connectivity index (χ4n) is 2.05. The van der Waals surface area contributed by atoms with E-state index < -0.39 is 21.9 Å². The Morgan fingerprint density at radius 2 is 1.90 bits per heavy atom. The monoisotopic (exact) mass is 308 g/mol. The summed E-state index contributed by atoms with van der Waals surface area (Å²) in [7, 11) is -3.77. The summed E-state index contributed by atoms with van der Waals surface area (Å²) in [4.78, 5) is 0.0244. The van der Waals surface area contributed by atoms with Crippen LogP contribution in [-0.2, 0) is 10.0 Å². The average Bonchev–Trinajstić information content (AvgIpc) is 2.37. The molecule has 1 unspecified atom stereocenters. The van der Waals surface area contributed by atoms with E-state index >= 15 is 0 Å². The number of hydrogen-bond donors (Lipinski definition) is 2. The van der Waals surface area contributed by atoms with Crippen LogP contribution in [0.3, 0.4) is 0 Å². The summed E-state index contributed by atoms with van der Waals surface area (Å²) >= 11 is 0. The van der Waals surface area contributed by atoms with Crippen LogP contribution in [0.4, 0.5) is 10.1 Å². The molecule has 2 rings (SSSR count). The van der Waals surface area contributed by atoms with Gasteiger partial charge in [0.15, 0.2) is 0 Å². The lowest BCUT2D eigenvalue weighted by Crippen LogP contribution is -2.27. The summed E-state index contributed by atoms with van der Waals surface area (Å²) in [6, 6.07) is 9.98. The normalized spacial score (nSPS) is 13.1. The van der Waals surface area contributed by atoms with Crippen LogP contribution >= 0.6 is 0 Å². The van der Waals surface area contributed by atoms with Crippen molar-refractivity contribution in [2.75, 3.05) is 5.73 Å². The number of nitrogens with one attached hydrogen (secondary N) is 1. The van der Waals surface area contributed by atoms with Gasteiger partial charge in [0.25, 0.3) is 0 Å². The van der Waals surface area contributed by atoms with Crippen LogP contribution in [-0.4, -0.2) is 8.42 Å². The Morgan fingerprint density at radius 1 is 1.19 bits per heavy atom. The van der Waals surface area contributed by atoms with E-state index in [1.165, 1.54) is 24.3 Å². The van der Waals surface area contributed by atoms with Gasteiger partial charge in [0, 0.05) is 6.04 Å². The topological polar surface area (TPSA) is 72.2 Å². The van der Waals surface area contributed by atoms with E-state index in [1.807, 2.05) is 6.92 Å². The van der Waals surface area contributed by atoms with Crippen LogP contribution in [0.1, 0.15) is 24.1 Å². The van der Waals surface area contributed by atoms with E-state index in [0.29, 0.717) is 5.56 Å². The number of hydrogen-bond acceptors (Lipinski definition) is 3. The van der Waals surface area contributed by atoms with Gasteiger partial charge in [-0.3, -0.25) is 0 Å². The molecule has 0 saturated carbocycles. The van der Waals surface area contributed by atoms with E-state index in [-0.39, 0.29) is 10.6 Å². The highest BCUT2D eigenvalue weighted by molar-refractivity contribution is 7.89. The number of anilines is 1. The van der Waals surface area contributed by atoms with Crippen LogP contribution in [0.25, 0.3) is 0 Å². The lowest BCUT2D eigenvalue weighted by atomic mass is 10.1. The zero-order valence-electron chi connectivity index (χ0n) is 11.8. The minimum atomic E-state index is -3.77. The molecule has 0 aliphatic carbocycles. The van der Waals surface area contributed by atoms with Crippen molar-refractivity contribution < 1.29 is 12.8 Å². The van der Waals surface area contributed by atoms with Crippen molar-refractivity contribution in [3.63, 3.8) is 0 Å². The highest BCUT2D eigenvalue weighted by Gasteiger charge is 2.21. The van der Waals surface area contributed by atoms with Gasteiger partial charge in [-0.05, 0) is 49.2 Å². The highest BCUT2D eigenvalue weighted by atomic mass is 32.2. The van der Waals surface area contributed by atoms with Gasteiger partial charge in [-0.2, -0.15) is 0 Å². The predicted molar refractivity (Wildman–Crippen MR) is 80.7 cm³/mol. The zero-order valence-corrected chi connectivity index (χ0v) is 12.6. The van der Waals surface area contributed by atoms with Gasteiger partial charge >= 0.3 is 0 Å². The first-order chi connectivity index (χ1) is 9.79. The molecule has 4 nitrogen and oxygen atoms in total. The summed E-state index contributed by atoms with van der Waals surface area (Å²) in [5.74, 6) is -0.409. The summed E-state index contributed by atoms with van der Waals surface area (Å²) in [6.07, 6.45) is 0. The standard InChI is InChI=1S/C15H17FN2O2S/c1-10-6-7-15(14(17)8-10)21(19,20)18-11(2)12-4-3-5-13(16)9-12/h3-9,11,18H,17H2,1-2H3. The van der Waals surface area contributed by atoms with Crippen molar-refractivity contribution in [3.05, 3.63) is 59.4 Å². The third-order valence-corrected chi connectivity index (χ3v) is 4.75. The molecule has 0 aliphatic rings. The van der Waals surface area contributed by atoms with E-state index in [0.717, 1.165) is 5.56 Å². The Morgan fingerprint density at radius 3 is 2.52 bits per heavy atom. The molecule has 0 spiro atoms. The van der Waals surface area contributed by atoms with Crippen LogP contribution in [0.15, 0.2) is 47.4 Å². The van der Waals surface area contributed by atoms with E-state index in [4.69, 9.17) is 5.73 Å². The fraction of sp³-hybridized carbons (Fsp3) is 0.200. The maximum absolute atomic E-state index is 13.2. The van der Waals surface area contributed by atoms with Gasteiger partial charge < -0.3 is 5.73 Å². The summed E-state index contributed by atoms with van der Waals surface area (Å²) < 4.78 is 40.4.